The third kappa shape index (κ3) is 4.84. The molecule has 0 N–H and O–H groups in total. The molecule has 0 fully saturated rings. The van der Waals surface area contributed by atoms with Gasteiger partial charge in [0, 0.05) is 18.5 Å². The summed E-state index contributed by atoms with van der Waals surface area (Å²) in [5.41, 5.74) is 2.07. The maximum absolute atomic E-state index is 6.16. The zero-order chi connectivity index (χ0) is 16.0. The van der Waals surface area contributed by atoms with Gasteiger partial charge in [-0.25, -0.2) is 9.97 Å². The van der Waals surface area contributed by atoms with E-state index in [4.69, 9.17) is 11.6 Å². The first-order chi connectivity index (χ1) is 9.94. The van der Waals surface area contributed by atoms with Crippen LogP contribution in [0.3, 0.4) is 0 Å². The summed E-state index contributed by atoms with van der Waals surface area (Å²) in [4.78, 5) is 11.7. The van der Waals surface area contributed by atoms with E-state index in [0.717, 1.165) is 36.6 Å². The molecule has 0 bridgehead atoms. The van der Waals surface area contributed by atoms with Crippen LogP contribution in [0.5, 0.6) is 0 Å². The molecule has 1 rings (SSSR count). The van der Waals surface area contributed by atoms with Gasteiger partial charge in [0.1, 0.15) is 5.82 Å². The number of hydrogen-bond donors (Lipinski definition) is 0. The predicted octanol–water partition coefficient (Wildman–Crippen LogP) is 4.99. The Labute approximate surface area is 135 Å². The average Bonchev–Trinajstić information content (AvgIpc) is 2.46. The Balaban J connectivity index is 3.22. The minimum atomic E-state index is 0.327. The fourth-order valence-corrected chi connectivity index (χ4v) is 2.81. The molecule has 120 valence electrons. The Kier molecular flexibility index (Phi) is 7.44. The number of anilines is 1. The maximum Gasteiger partial charge on any atom is 0.131 e. The van der Waals surface area contributed by atoms with Crippen molar-refractivity contribution in [1.29, 1.82) is 0 Å². The van der Waals surface area contributed by atoms with Crippen molar-refractivity contribution in [1.82, 2.24) is 9.97 Å². The van der Waals surface area contributed by atoms with Gasteiger partial charge >= 0.3 is 0 Å². The van der Waals surface area contributed by atoms with Gasteiger partial charge < -0.3 is 4.90 Å². The van der Waals surface area contributed by atoms with Crippen molar-refractivity contribution in [2.75, 3.05) is 11.4 Å². The van der Waals surface area contributed by atoms with Gasteiger partial charge in [-0.15, -0.1) is 11.6 Å². The first-order valence-corrected chi connectivity index (χ1v) is 8.66. The van der Waals surface area contributed by atoms with Gasteiger partial charge in [0.25, 0.3) is 0 Å². The summed E-state index contributed by atoms with van der Waals surface area (Å²) < 4.78 is 0. The van der Waals surface area contributed by atoms with Crippen molar-refractivity contribution >= 4 is 17.3 Å². The molecular weight excluding hydrogens is 282 g/mol. The van der Waals surface area contributed by atoms with Crippen LogP contribution in [-0.4, -0.2) is 22.6 Å². The molecule has 4 heteroatoms. The van der Waals surface area contributed by atoms with Crippen LogP contribution in [0, 0.1) is 5.92 Å². The molecule has 0 aliphatic carbocycles. The number of halogens is 1. The Bertz CT molecular complexity index is 428. The van der Waals surface area contributed by atoms with Gasteiger partial charge in [-0.2, -0.15) is 0 Å². The number of aromatic nitrogens is 2. The topological polar surface area (TPSA) is 29.0 Å². The molecule has 0 aliphatic rings. The monoisotopic (exact) mass is 311 g/mol. The molecule has 0 atom stereocenters. The third-order valence-corrected chi connectivity index (χ3v) is 4.01. The quantitative estimate of drug-likeness (QED) is 0.633. The maximum atomic E-state index is 6.16. The summed E-state index contributed by atoms with van der Waals surface area (Å²) in [6.07, 6.45) is 4.22. The molecule has 0 unspecified atom stereocenters. The lowest BCUT2D eigenvalue weighted by Gasteiger charge is -2.35. The predicted molar refractivity (Wildman–Crippen MR) is 92.2 cm³/mol. The zero-order valence-corrected chi connectivity index (χ0v) is 15.1. The molecule has 0 spiro atoms. The lowest BCUT2D eigenvalue weighted by Crippen LogP contribution is -2.38. The van der Waals surface area contributed by atoms with Crippen LogP contribution in [0.15, 0.2) is 6.20 Å². The highest BCUT2D eigenvalue weighted by atomic mass is 35.5. The lowest BCUT2D eigenvalue weighted by molar-refractivity contribution is 0.505. The van der Waals surface area contributed by atoms with E-state index in [1.165, 1.54) is 0 Å². The fourth-order valence-electron chi connectivity index (χ4n) is 2.61. The van der Waals surface area contributed by atoms with Crippen LogP contribution in [0.4, 0.5) is 5.69 Å². The van der Waals surface area contributed by atoms with Crippen molar-refractivity contribution in [2.24, 2.45) is 5.92 Å². The van der Waals surface area contributed by atoms with Crippen molar-refractivity contribution in [3.05, 3.63) is 17.7 Å². The molecule has 3 nitrogen and oxygen atoms in total. The van der Waals surface area contributed by atoms with Gasteiger partial charge in [-0.1, -0.05) is 41.5 Å². The first kappa shape index (κ1) is 18.2. The van der Waals surface area contributed by atoms with Crippen molar-refractivity contribution in [2.45, 2.75) is 72.2 Å². The standard InChI is InChI=1S/C17H30ClN3/c1-7-14(8-2)21(11-12(3)4)16-10-19-17(13(5)6)20-15(16)9-18/h10,12-14H,7-9,11H2,1-6H3. The minimum absolute atomic E-state index is 0.327. The molecule has 21 heavy (non-hydrogen) atoms. The molecule has 0 aromatic carbocycles. The minimum Gasteiger partial charge on any atom is -0.366 e. The summed E-state index contributed by atoms with van der Waals surface area (Å²) >= 11 is 6.16. The highest BCUT2D eigenvalue weighted by molar-refractivity contribution is 6.17. The van der Waals surface area contributed by atoms with Crippen molar-refractivity contribution in [3.8, 4) is 0 Å². The Morgan fingerprint density at radius 1 is 1.14 bits per heavy atom. The average molecular weight is 312 g/mol. The number of rotatable bonds is 8. The molecule has 1 heterocycles. The van der Waals surface area contributed by atoms with Gasteiger partial charge in [0.15, 0.2) is 0 Å². The lowest BCUT2D eigenvalue weighted by atomic mass is 10.1. The smallest absolute Gasteiger partial charge is 0.131 e. The van der Waals surface area contributed by atoms with Crippen molar-refractivity contribution < 1.29 is 0 Å². The SMILES string of the molecule is CCC(CC)N(CC(C)C)c1cnc(C(C)C)nc1CCl. The molecule has 0 amide bonds. The summed E-state index contributed by atoms with van der Waals surface area (Å²) in [6, 6.07) is 0.517. The number of hydrogen-bond acceptors (Lipinski definition) is 3. The normalized spacial score (nSPS) is 11.7. The van der Waals surface area contributed by atoms with E-state index in [1.807, 2.05) is 6.20 Å². The summed E-state index contributed by atoms with van der Waals surface area (Å²) in [5.74, 6) is 2.24. The summed E-state index contributed by atoms with van der Waals surface area (Å²) in [6.45, 7) is 14.2. The van der Waals surface area contributed by atoms with Crippen LogP contribution in [0.1, 0.15) is 71.8 Å². The fraction of sp³-hybridized carbons (Fsp3) is 0.765. The molecule has 1 aromatic heterocycles. The van der Waals surface area contributed by atoms with Crippen molar-refractivity contribution in [3.63, 3.8) is 0 Å². The number of alkyl halides is 1. The first-order valence-electron chi connectivity index (χ1n) is 8.12. The summed E-state index contributed by atoms with van der Waals surface area (Å²) in [7, 11) is 0. The van der Waals surface area contributed by atoms with Crippen LogP contribution >= 0.6 is 11.6 Å². The second kappa shape index (κ2) is 8.57. The number of nitrogens with zero attached hydrogens (tertiary/aromatic N) is 3. The Hall–Kier alpha value is -0.830. The van der Waals surface area contributed by atoms with Gasteiger partial charge in [-0.05, 0) is 18.8 Å². The zero-order valence-electron chi connectivity index (χ0n) is 14.4. The second-order valence-corrected chi connectivity index (χ2v) is 6.63. The van der Waals surface area contributed by atoms with E-state index in [9.17, 15) is 0 Å². The van der Waals surface area contributed by atoms with E-state index >= 15 is 0 Å². The van der Waals surface area contributed by atoms with Crippen LogP contribution < -0.4 is 4.90 Å². The Morgan fingerprint density at radius 2 is 1.76 bits per heavy atom. The third-order valence-electron chi connectivity index (χ3n) is 3.76. The summed E-state index contributed by atoms with van der Waals surface area (Å²) in [5, 5.41) is 0. The largest absolute Gasteiger partial charge is 0.366 e. The highest BCUT2D eigenvalue weighted by Crippen LogP contribution is 2.26. The van der Waals surface area contributed by atoms with E-state index in [2.05, 4.69) is 56.4 Å². The molecule has 1 aromatic rings. The van der Waals surface area contributed by atoms with Gasteiger partial charge in [-0.3, -0.25) is 0 Å². The van der Waals surface area contributed by atoms with E-state index in [0.29, 0.717) is 23.8 Å². The van der Waals surface area contributed by atoms with Gasteiger partial charge in [0.2, 0.25) is 0 Å². The van der Waals surface area contributed by atoms with Crippen LogP contribution in [0.25, 0.3) is 0 Å². The molecule has 0 aliphatic heterocycles. The Morgan fingerprint density at radius 3 is 2.19 bits per heavy atom. The van der Waals surface area contributed by atoms with Gasteiger partial charge in [0.05, 0.1) is 23.5 Å². The highest BCUT2D eigenvalue weighted by Gasteiger charge is 2.21. The molecule has 0 saturated carbocycles. The van der Waals surface area contributed by atoms with Crippen LogP contribution in [-0.2, 0) is 5.88 Å². The molecule has 0 saturated heterocycles. The second-order valence-electron chi connectivity index (χ2n) is 6.36. The molecule has 0 radical (unpaired) electrons. The van der Waals surface area contributed by atoms with E-state index < -0.39 is 0 Å². The van der Waals surface area contributed by atoms with Crippen LogP contribution in [0.2, 0.25) is 0 Å². The van der Waals surface area contributed by atoms with E-state index in [1.54, 1.807) is 0 Å². The molecular formula is C17H30ClN3. The van der Waals surface area contributed by atoms with E-state index in [-0.39, 0.29) is 0 Å².